The Morgan fingerprint density at radius 2 is 1.59 bits per heavy atom. The molecule has 32 heavy (non-hydrogen) atoms. The summed E-state index contributed by atoms with van der Waals surface area (Å²) in [5.74, 6) is 2.28. The summed E-state index contributed by atoms with van der Waals surface area (Å²) in [7, 11) is 4.76. The quantitative estimate of drug-likeness (QED) is 0.292. The minimum absolute atomic E-state index is 0.0858. The van der Waals surface area contributed by atoms with Gasteiger partial charge >= 0.3 is 0 Å². The van der Waals surface area contributed by atoms with Gasteiger partial charge in [-0.25, -0.2) is 4.98 Å². The van der Waals surface area contributed by atoms with Crippen LogP contribution in [0, 0.1) is 6.92 Å². The smallest absolute Gasteiger partial charge is 0.266 e. The molecular formula is C25H24N2O4S. The fourth-order valence-corrected chi connectivity index (χ4v) is 4.49. The van der Waals surface area contributed by atoms with Gasteiger partial charge in [-0.1, -0.05) is 41.6 Å². The zero-order chi connectivity index (χ0) is 22.7. The maximum Gasteiger partial charge on any atom is 0.266 e. The number of hydrogen-bond acceptors (Lipinski definition) is 6. The number of thioether (sulfide) groups is 1. The number of benzene rings is 3. The molecule has 3 aromatic carbocycles. The van der Waals surface area contributed by atoms with Crippen LogP contribution in [0.3, 0.4) is 0 Å². The van der Waals surface area contributed by atoms with Gasteiger partial charge in [-0.05, 0) is 48.9 Å². The van der Waals surface area contributed by atoms with Crippen molar-refractivity contribution in [3.05, 3.63) is 82.1 Å². The Morgan fingerprint density at radius 1 is 0.906 bits per heavy atom. The van der Waals surface area contributed by atoms with Crippen molar-refractivity contribution in [3.63, 3.8) is 0 Å². The standard InChI is InChI=1S/C25H24N2O4S/c1-16-10-11-20-19(12-16)24(28)27(18-8-6-5-7-9-18)25(26-20)32-15-17-13-21(29-2)23(31-4)22(14-17)30-3/h5-14H,15H2,1-4H3. The number of nitrogens with zero attached hydrogens (tertiary/aromatic N) is 2. The van der Waals surface area contributed by atoms with Crippen LogP contribution < -0.4 is 19.8 Å². The van der Waals surface area contributed by atoms with E-state index in [0.717, 1.165) is 16.8 Å². The third-order valence-electron chi connectivity index (χ3n) is 5.10. The molecule has 0 aliphatic carbocycles. The molecule has 6 nitrogen and oxygen atoms in total. The number of para-hydroxylation sites is 1. The predicted octanol–water partition coefficient (Wildman–Crippen LogP) is 5.01. The Balaban J connectivity index is 1.80. The predicted molar refractivity (Wildman–Crippen MR) is 128 cm³/mol. The lowest BCUT2D eigenvalue weighted by atomic mass is 10.1. The highest BCUT2D eigenvalue weighted by Crippen LogP contribution is 2.39. The third kappa shape index (κ3) is 4.16. The highest BCUT2D eigenvalue weighted by Gasteiger charge is 2.16. The molecule has 164 valence electrons. The van der Waals surface area contributed by atoms with E-state index >= 15 is 0 Å². The van der Waals surface area contributed by atoms with E-state index in [9.17, 15) is 4.79 Å². The average Bonchev–Trinajstić information content (AvgIpc) is 2.83. The molecule has 0 saturated carbocycles. The fraction of sp³-hybridized carbons (Fsp3) is 0.200. The first kappa shape index (κ1) is 21.8. The van der Waals surface area contributed by atoms with Gasteiger partial charge in [-0.15, -0.1) is 0 Å². The molecule has 1 heterocycles. The molecule has 4 aromatic rings. The van der Waals surface area contributed by atoms with Gasteiger partial charge in [0.25, 0.3) is 5.56 Å². The summed E-state index contributed by atoms with van der Waals surface area (Å²) < 4.78 is 18.0. The topological polar surface area (TPSA) is 62.6 Å². The van der Waals surface area contributed by atoms with Gasteiger partial charge in [0.1, 0.15) is 0 Å². The van der Waals surface area contributed by atoms with Gasteiger partial charge in [-0.3, -0.25) is 9.36 Å². The van der Waals surface area contributed by atoms with E-state index in [-0.39, 0.29) is 5.56 Å². The molecule has 4 rings (SSSR count). The number of aromatic nitrogens is 2. The van der Waals surface area contributed by atoms with Crippen LogP contribution in [0.1, 0.15) is 11.1 Å². The van der Waals surface area contributed by atoms with Gasteiger partial charge < -0.3 is 14.2 Å². The van der Waals surface area contributed by atoms with Crippen LogP contribution in [-0.4, -0.2) is 30.9 Å². The molecule has 0 radical (unpaired) electrons. The van der Waals surface area contributed by atoms with Crippen LogP contribution in [-0.2, 0) is 5.75 Å². The Bertz CT molecular complexity index is 1290. The van der Waals surface area contributed by atoms with E-state index in [1.807, 2.05) is 67.6 Å². The van der Waals surface area contributed by atoms with Crippen LogP contribution in [0.4, 0.5) is 0 Å². The summed E-state index contributed by atoms with van der Waals surface area (Å²) >= 11 is 1.48. The van der Waals surface area contributed by atoms with Crippen molar-refractivity contribution in [3.8, 4) is 22.9 Å². The van der Waals surface area contributed by atoms with Crippen molar-refractivity contribution < 1.29 is 14.2 Å². The van der Waals surface area contributed by atoms with Crippen molar-refractivity contribution in [1.29, 1.82) is 0 Å². The average molecular weight is 449 g/mol. The minimum Gasteiger partial charge on any atom is -0.493 e. The second-order valence-electron chi connectivity index (χ2n) is 7.21. The summed E-state index contributed by atoms with van der Waals surface area (Å²) in [5.41, 5.74) is 3.36. The summed E-state index contributed by atoms with van der Waals surface area (Å²) in [6.45, 7) is 1.97. The number of aryl methyl sites for hydroxylation is 1. The zero-order valence-electron chi connectivity index (χ0n) is 18.4. The molecule has 0 spiro atoms. The first-order chi connectivity index (χ1) is 15.5. The van der Waals surface area contributed by atoms with Crippen LogP contribution in [0.15, 0.2) is 70.6 Å². The molecule has 0 aliphatic rings. The molecule has 0 fully saturated rings. The molecule has 0 aliphatic heterocycles. The Hall–Kier alpha value is -3.45. The lowest BCUT2D eigenvalue weighted by Crippen LogP contribution is -2.21. The molecule has 0 amide bonds. The second-order valence-corrected chi connectivity index (χ2v) is 8.16. The number of hydrogen-bond donors (Lipinski definition) is 0. The largest absolute Gasteiger partial charge is 0.493 e. The minimum atomic E-state index is -0.0858. The van der Waals surface area contributed by atoms with Gasteiger partial charge in [0, 0.05) is 5.75 Å². The zero-order valence-corrected chi connectivity index (χ0v) is 19.2. The summed E-state index contributed by atoms with van der Waals surface area (Å²) in [6, 6.07) is 19.1. The molecule has 0 unspecified atom stereocenters. The highest BCUT2D eigenvalue weighted by molar-refractivity contribution is 7.98. The number of fused-ring (bicyclic) bond motifs is 1. The van der Waals surface area contributed by atoms with Gasteiger partial charge in [0.2, 0.25) is 5.75 Å². The summed E-state index contributed by atoms with van der Waals surface area (Å²) in [5, 5.41) is 1.22. The summed E-state index contributed by atoms with van der Waals surface area (Å²) in [6.07, 6.45) is 0. The molecule has 0 saturated heterocycles. The van der Waals surface area contributed by atoms with E-state index in [1.165, 1.54) is 11.8 Å². The molecule has 1 aromatic heterocycles. The first-order valence-electron chi connectivity index (χ1n) is 10.1. The maximum absolute atomic E-state index is 13.5. The van der Waals surface area contributed by atoms with Crippen molar-refractivity contribution in [1.82, 2.24) is 9.55 Å². The van der Waals surface area contributed by atoms with Crippen LogP contribution in [0.25, 0.3) is 16.6 Å². The molecular weight excluding hydrogens is 424 g/mol. The number of ether oxygens (including phenoxy) is 3. The molecule has 0 atom stereocenters. The van der Waals surface area contributed by atoms with Crippen LogP contribution in [0.2, 0.25) is 0 Å². The normalized spacial score (nSPS) is 10.9. The van der Waals surface area contributed by atoms with Crippen LogP contribution >= 0.6 is 11.8 Å². The van der Waals surface area contributed by atoms with E-state index < -0.39 is 0 Å². The van der Waals surface area contributed by atoms with E-state index in [0.29, 0.717) is 39.1 Å². The Labute approximate surface area is 190 Å². The van der Waals surface area contributed by atoms with Crippen LogP contribution in [0.5, 0.6) is 17.2 Å². The van der Waals surface area contributed by atoms with Gasteiger partial charge in [0.15, 0.2) is 16.7 Å². The van der Waals surface area contributed by atoms with Crippen molar-refractivity contribution >= 4 is 22.7 Å². The van der Waals surface area contributed by atoms with E-state index in [2.05, 4.69) is 0 Å². The second kappa shape index (κ2) is 9.36. The SMILES string of the molecule is COc1cc(CSc2nc3ccc(C)cc3c(=O)n2-c2ccccc2)cc(OC)c1OC. The fourth-order valence-electron chi connectivity index (χ4n) is 3.55. The molecule has 0 N–H and O–H groups in total. The Morgan fingerprint density at radius 3 is 2.22 bits per heavy atom. The molecule has 7 heteroatoms. The lowest BCUT2D eigenvalue weighted by Gasteiger charge is -2.15. The molecule has 0 bridgehead atoms. The maximum atomic E-state index is 13.5. The van der Waals surface area contributed by atoms with E-state index in [1.54, 1.807) is 25.9 Å². The van der Waals surface area contributed by atoms with Gasteiger partial charge in [-0.2, -0.15) is 0 Å². The van der Waals surface area contributed by atoms with Crippen molar-refractivity contribution in [2.45, 2.75) is 17.8 Å². The summed E-state index contributed by atoms with van der Waals surface area (Å²) in [4.78, 5) is 18.3. The lowest BCUT2D eigenvalue weighted by molar-refractivity contribution is 0.324. The third-order valence-corrected chi connectivity index (χ3v) is 6.11. The van der Waals surface area contributed by atoms with E-state index in [4.69, 9.17) is 19.2 Å². The monoisotopic (exact) mass is 448 g/mol. The number of rotatable bonds is 7. The van der Waals surface area contributed by atoms with Gasteiger partial charge in [0.05, 0.1) is 37.9 Å². The van der Waals surface area contributed by atoms with Crippen molar-refractivity contribution in [2.24, 2.45) is 0 Å². The number of methoxy groups -OCH3 is 3. The van der Waals surface area contributed by atoms with Crippen molar-refractivity contribution in [2.75, 3.05) is 21.3 Å². The highest BCUT2D eigenvalue weighted by atomic mass is 32.2. The Kier molecular flexibility index (Phi) is 6.37. The first-order valence-corrected chi connectivity index (χ1v) is 11.0.